The molecule has 0 amide bonds. The number of benzene rings is 2. The van der Waals surface area contributed by atoms with Crippen LogP contribution in [-0.4, -0.2) is 25.8 Å². The Hall–Kier alpha value is -1.17. The van der Waals surface area contributed by atoms with Gasteiger partial charge in [-0.1, -0.05) is 45.4 Å². The summed E-state index contributed by atoms with van der Waals surface area (Å²) in [7, 11) is 1.39. The van der Waals surface area contributed by atoms with E-state index in [2.05, 4.69) is 27.7 Å². The smallest absolute Gasteiger partial charge is 0.496 e. The van der Waals surface area contributed by atoms with Crippen LogP contribution in [0.15, 0.2) is 36.4 Å². The van der Waals surface area contributed by atoms with E-state index in [0.29, 0.717) is 47.1 Å². The third-order valence-corrected chi connectivity index (χ3v) is 5.25. The molecule has 0 radical (unpaired) electrons. The summed E-state index contributed by atoms with van der Waals surface area (Å²) in [6.07, 6.45) is 0. The molecular weight excluding hydrogens is 402 g/mol. The van der Waals surface area contributed by atoms with Crippen LogP contribution in [0.3, 0.4) is 0 Å². The van der Waals surface area contributed by atoms with Crippen LogP contribution in [0.1, 0.15) is 38.1 Å². The van der Waals surface area contributed by atoms with Gasteiger partial charge in [0.1, 0.15) is 17.2 Å². The Balaban J connectivity index is 0.00000420. The van der Waals surface area contributed by atoms with Gasteiger partial charge in [0.25, 0.3) is 0 Å². The van der Waals surface area contributed by atoms with Crippen molar-refractivity contribution in [1.82, 2.24) is 0 Å². The van der Waals surface area contributed by atoms with E-state index >= 15 is 0 Å². The van der Waals surface area contributed by atoms with Crippen LogP contribution in [0.4, 0.5) is 0 Å². The zero-order valence-corrected chi connectivity index (χ0v) is 19.8. The molecule has 0 saturated carbocycles. The van der Waals surface area contributed by atoms with Crippen molar-refractivity contribution in [2.45, 2.75) is 27.7 Å². The SMILES string of the molecule is COc1cccc(Cl)c1C(=O)Pc1ccc(OCC(C)C)cc1OCC(C)C.[Li+]. The minimum Gasteiger partial charge on any atom is -0.496 e. The van der Waals surface area contributed by atoms with Crippen molar-refractivity contribution >= 4 is 31.0 Å². The first kappa shape index (κ1) is 25.9. The Kier molecular flexibility index (Phi) is 11.2. The van der Waals surface area contributed by atoms with Gasteiger partial charge in [0.2, 0.25) is 0 Å². The molecule has 0 N–H and O–H groups in total. The number of methoxy groups -OCH3 is 1. The topological polar surface area (TPSA) is 44.8 Å². The molecular formula is C22H28ClLiO4P+. The van der Waals surface area contributed by atoms with Crippen LogP contribution < -0.4 is 38.4 Å². The second-order valence-corrected chi connectivity index (χ2v) is 8.99. The van der Waals surface area contributed by atoms with E-state index in [-0.39, 0.29) is 33.0 Å². The Morgan fingerprint density at radius 2 is 1.66 bits per heavy atom. The number of hydrogen-bond donors (Lipinski definition) is 0. The molecule has 0 aliphatic rings. The minimum atomic E-state index is -0.136. The molecule has 2 aromatic rings. The van der Waals surface area contributed by atoms with Gasteiger partial charge in [0.15, 0.2) is 5.52 Å². The van der Waals surface area contributed by atoms with E-state index in [1.54, 1.807) is 18.2 Å². The van der Waals surface area contributed by atoms with Crippen molar-refractivity contribution in [1.29, 1.82) is 0 Å². The van der Waals surface area contributed by atoms with E-state index < -0.39 is 0 Å². The molecule has 7 heteroatoms. The molecule has 0 spiro atoms. The van der Waals surface area contributed by atoms with Crippen molar-refractivity contribution in [3.63, 3.8) is 0 Å². The molecule has 0 aromatic heterocycles. The van der Waals surface area contributed by atoms with Gasteiger partial charge in [-0.25, -0.2) is 0 Å². The average molecular weight is 430 g/mol. The van der Waals surface area contributed by atoms with E-state index in [4.69, 9.17) is 25.8 Å². The van der Waals surface area contributed by atoms with Crippen molar-refractivity contribution in [2.24, 2.45) is 11.8 Å². The first-order chi connectivity index (χ1) is 13.3. The molecule has 4 nitrogen and oxygen atoms in total. The monoisotopic (exact) mass is 429 g/mol. The maximum absolute atomic E-state index is 13.0. The molecule has 1 atom stereocenters. The van der Waals surface area contributed by atoms with Gasteiger partial charge < -0.3 is 14.2 Å². The standard InChI is InChI=1S/C22H28ClO4P.Li/c1-14(2)12-26-16-9-10-20(19(11-16)27-13-15(3)4)28-22(24)21-17(23)7-6-8-18(21)25-5;/h6-11,14-15,28H,12-13H2,1-5H3;/q;+1. The Bertz CT molecular complexity index is 811. The van der Waals surface area contributed by atoms with Gasteiger partial charge in [-0.3, -0.25) is 4.79 Å². The molecule has 0 saturated heterocycles. The maximum atomic E-state index is 13.0. The second kappa shape index (κ2) is 12.5. The van der Waals surface area contributed by atoms with Crippen molar-refractivity contribution < 1.29 is 37.9 Å². The normalized spacial score (nSPS) is 11.0. The van der Waals surface area contributed by atoms with E-state index in [1.807, 2.05) is 18.2 Å². The number of ether oxygens (including phenoxy) is 3. The summed E-state index contributed by atoms with van der Waals surface area (Å²) in [4.78, 5) is 13.0. The third kappa shape index (κ3) is 7.87. The fourth-order valence-corrected chi connectivity index (χ4v) is 3.81. The number of hydrogen-bond acceptors (Lipinski definition) is 4. The van der Waals surface area contributed by atoms with Crippen LogP contribution in [0, 0.1) is 11.8 Å². The number of carbonyl (C=O) groups is 1. The van der Waals surface area contributed by atoms with Crippen molar-refractivity contribution in [3.05, 3.63) is 47.0 Å². The van der Waals surface area contributed by atoms with Crippen LogP contribution in [-0.2, 0) is 0 Å². The fourth-order valence-electron chi connectivity index (χ4n) is 2.41. The number of rotatable bonds is 10. The molecule has 2 aromatic carbocycles. The third-order valence-electron chi connectivity index (χ3n) is 3.78. The quantitative estimate of drug-likeness (QED) is 0.430. The fraction of sp³-hybridized carbons (Fsp3) is 0.409. The van der Waals surface area contributed by atoms with Gasteiger partial charge in [0.05, 0.1) is 30.9 Å². The molecule has 0 aliphatic carbocycles. The molecule has 0 bridgehead atoms. The van der Waals surface area contributed by atoms with Gasteiger partial charge in [-0.05, 0) is 44.7 Å². The first-order valence-corrected chi connectivity index (χ1v) is 10.7. The van der Waals surface area contributed by atoms with Gasteiger partial charge in [-0.2, -0.15) is 0 Å². The Labute approximate surface area is 192 Å². The predicted octanol–water partition coefficient (Wildman–Crippen LogP) is 2.57. The summed E-state index contributed by atoms with van der Waals surface area (Å²) in [6, 6.07) is 10.8. The van der Waals surface area contributed by atoms with Gasteiger partial charge in [0, 0.05) is 11.4 Å². The molecule has 1 unspecified atom stereocenters. The van der Waals surface area contributed by atoms with Crippen LogP contribution in [0.2, 0.25) is 5.02 Å². The zero-order chi connectivity index (χ0) is 20.7. The summed E-state index contributed by atoms with van der Waals surface area (Å²) in [5.41, 5.74) is 0.313. The van der Waals surface area contributed by atoms with Crippen LogP contribution in [0.25, 0.3) is 0 Å². The van der Waals surface area contributed by atoms with E-state index in [9.17, 15) is 4.79 Å². The largest absolute Gasteiger partial charge is 1.00 e. The predicted molar refractivity (Wildman–Crippen MR) is 117 cm³/mol. The zero-order valence-electron chi connectivity index (χ0n) is 18.0. The van der Waals surface area contributed by atoms with Crippen molar-refractivity contribution in [2.75, 3.05) is 20.3 Å². The van der Waals surface area contributed by atoms with Crippen LogP contribution >= 0.6 is 20.2 Å². The molecule has 152 valence electrons. The van der Waals surface area contributed by atoms with E-state index in [1.165, 1.54) is 7.11 Å². The first-order valence-electron chi connectivity index (χ1n) is 9.35. The molecule has 2 rings (SSSR count). The molecule has 0 aliphatic heterocycles. The second-order valence-electron chi connectivity index (χ2n) is 7.34. The van der Waals surface area contributed by atoms with Crippen molar-refractivity contribution in [3.8, 4) is 17.2 Å². The Morgan fingerprint density at radius 1 is 1.00 bits per heavy atom. The van der Waals surface area contributed by atoms with E-state index in [0.717, 1.165) is 11.1 Å². The minimum absolute atomic E-state index is 0. The molecule has 0 heterocycles. The summed E-state index contributed by atoms with van der Waals surface area (Å²) in [5, 5.41) is 1.21. The number of halogens is 1. The molecule has 0 fully saturated rings. The summed E-state index contributed by atoms with van der Waals surface area (Å²) < 4.78 is 17.1. The Morgan fingerprint density at radius 3 is 2.28 bits per heavy atom. The number of carbonyl (C=O) groups excluding carboxylic acids is 1. The summed E-state index contributed by atoms with van der Waals surface area (Å²) in [5.74, 6) is 2.69. The summed E-state index contributed by atoms with van der Waals surface area (Å²) >= 11 is 6.26. The average Bonchev–Trinajstić information content (AvgIpc) is 2.65. The van der Waals surface area contributed by atoms with Gasteiger partial charge in [-0.15, -0.1) is 0 Å². The van der Waals surface area contributed by atoms with Gasteiger partial charge >= 0.3 is 18.9 Å². The molecule has 29 heavy (non-hydrogen) atoms. The van der Waals surface area contributed by atoms with Crippen LogP contribution in [0.5, 0.6) is 17.2 Å². The summed E-state index contributed by atoms with van der Waals surface area (Å²) in [6.45, 7) is 9.56. The maximum Gasteiger partial charge on any atom is 1.00 e.